The quantitative estimate of drug-likeness (QED) is 0.283. The molecule has 0 saturated heterocycles. The molecule has 2 aromatic rings. The van der Waals surface area contributed by atoms with Gasteiger partial charge >= 0.3 is 0 Å². The monoisotopic (exact) mass is 339 g/mol. The van der Waals surface area contributed by atoms with Crippen LogP contribution in [-0.2, 0) is 5.75 Å². The fourth-order valence-corrected chi connectivity index (χ4v) is 2.70. The average molecular weight is 340 g/mol. The van der Waals surface area contributed by atoms with Gasteiger partial charge in [-0.15, -0.1) is 11.8 Å². The first-order valence-corrected chi connectivity index (χ1v) is 6.87. The molecule has 0 aromatic heterocycles. The molecule has 2 rings (SSSR count). The first kappa shape index (κ1) is 15.9. The molecule has 0 bridgehead atoms. The molecule has 8 heteroatoms. The molecule has 0 spiro atoms. The Morgan fingerprint density at radius 1 is 0.905 bits per heavy atom. The molecular formula is C13H7ClF5NS. The smallest absolute Gasteiger partial charge is 0.200 e. The van der Waals surface area contributed by atoms with Crippen molar-refractivity contribution in [3.63, 3.8) is 0 Å². The molecular weight excluding hydrogens is 333 g/mol. The van der Waals surface area contributed by atoms with Crippen molar-refractivity contribution in [2.24, 2.45) is 0 Å². The van der Waals surface area contributed by atoms with E-state index in [1.165, 1.54) is 18.2 Å². The third-order valence-corrected chi connectivity index (χ3v) is 4.00. The van der Waals surface area contributed by atoms with Gasteiger partial charge in [0.2, 0.25) is 5.82 Å². The van der Waals surface area contributed by atoms with E-state index in [1.54, 1.807) is 0 Å². The first-order chi connectivity index (χ1) is 9.82. The van der Waals surface area contributed by atoms with Crippen LogP contribution in [0.5, 0.6) is 0 Å². The molecule has 0 fully saturated rings. The Morgan fingerprint density at radius 2 is 1.43 bits per heavy atom. The van der Waals surface area contributed by atoms with Crippen molar-refractivity contribution in [2.45, 2.75) is 10.6 Å². The molecule has 0 aliphatic rings. The highest BCUT2D eigenvalue weighted by molar-refractivity contribution is 7.98. The molecule has 0 aliphatic carbocycles. The Balaban J connectivity index is 2.32. The second-order valence-corrected chi connectivity index (χ2v) is 5.47. The van der Waals surface area contributed by atoms with Crippen LogP contribution >= 0.6 is 23.4 Å². The molecule has 1 nitrogen and oxygen atoms in total. The van der Waals surface area contributed by atoms with E-state index in [9.17, 15) is 22.0 Å². The zero-order valence-electron chi connectivity index (χ0n) is 10.2. The summed E-state index contributed by atoms with van der Waals surface area (Å²) in [5.41, 5.74) is 4.99. The van der Waals surface area contributed by atoms with Gasteiger partial charge in [-0.3, -0.25) is 0 Å². The van der Waals surface area contributed by atoms with Crippen molar-refractivity contribution in [1.82, 2.24) is 0 Å². The molecule has 0 saturated carbocycles. The van der Waals surface area contributed by atoms with Crippen molar-refractivity contribution in [3.8, 4) is 0 Å². The highest BCUT2D eigenvalue weighted by Gasteiger charge is 2.25. The van der Waals surface area contributed by atoms with E-state index in [4.69, 9.17) is 17.3 Å². The fraction of sp³-hybridized carbons (Fsp3) is 0.0769. The predicted molar refractivity (Wildman–Crippen MR) is 71.7 cm³/mol. The predicted octanol–water partition coefficient (Wildman–Crippen LogP) is 4.91. The molecule has 0 aliphatic heterocycles. The summed E-state index contributed by atoms with van der Waals surface area (Å²) in [6.45, 7) is 0. The molecule has 0 heterocycles. The molecule has 2 N–H and O–H groups in total. The SMILES string of the molecule is Nc1cc(Cl)ccc1SCc1c(F)c(F)c(F)c(F)c1F. The summed E-state index contributed by atoms with van der Waals surface area (Å²) in [6.07, 6.45) is 0. The van der Waals surface area contributed by atoms with Gasteiger partial charge in [-0.05, 0) is 18.2 Å². The first-order valence-electron chi connectivity index (χ1n) is 5.51. The summed E-state index contributed by atoms with van der Waals surface area (Å²) >= 11 is 6.53. The average Bonchev–Trinajstić information content (AvgIpc) is 2.45. The standard InChI is InChI=1S/C13H7ClF5NS/c14-5-1-2-8(7(20)3-5)21-4-6-9(15)11(17)13(19)12(18)10(6)16/h1-3H,4,20H2. The molecule has 21 heavy (non-hydrogen) atoms. The number of nitrogens with two attached hydrogens (primary N) is 1. The van der Waals surface area contributed by atoms with E-state index < -0.39 is 40.4 Å². The van der Waals surface area contributed by atoms with Gasteiger partial charge in [0.25, 0.3) is 0 Å². The summed E-state index contributed by atoms with van der Waals surface area (Å²) in [5.74, 6) is -10.2. The third-order valence-electron chi connectivity index (χ3n) is 2.64. The summed E-state index contributed by atoms with van der Waals surface area (Å²) < 4.78 is 66.0. The number of anilines is 1. The van der Waals surface area contributed by atoms with Gasteiger partial charge in [-0.25, -0.2) is 22.0 Å². The zero-order valence-corrected chi connectivity index (χ0v) is 11.8. The highest BCUT2D eigenvalue weighted by Crippen LogP contribution is 2.33. The molecule has 0 amide bonds. The van der Waals surface area contributed by atoms with E-state index in [-0.39, 0.29) is 5.69 Å². The molecule has 112 valence electrons. The van der Waals surface area contributed by atoms with Gasteiger partial charge in [-0.2, -0.15) is 0 Å². The number of benzene rings is 2. The van der Waals surface area contributed by atoms with E-state index in [0.29, 0.717) is 9.92 Å². The number of halogens is 6. The van der Waals surface area contributed by atoms with Gasteiger partial charge < -0.3 is 5.73 Å². The Labute approximate surface area is 125 Å². The van der Waals surface area contributed by atoms with Crippen molar-refractivity contribution in [1.29, 1.82) is 0 Å². The molecule has 2 aromatic carbocycles. The van der Waals surface area contributed by atoms with Crippen LogP contribution < -0.4 is 5.73 Å². The zero-order chi connectivity index (χ0) is 15.7. The van der Waals surface area contributed by atoms with Crippen molar-refractivity contribution < 1.29 is 22.0 Å². The van der Waals surface area contributed by atoms with Crippen molar-refractivity contribution in [2.75, 3.05) is 5.73 Å². The molecule has 0 atom stereocenters. The molecule has 0 radical (unpaired) electrons. The lowest BCUT2D eigenvalue weighted by Gasteiger charge is -2.09. The fourth-order valence-electron chi connectivity index (χ4n) is 1.58. The maximum atomic E-state index is 13.5. The minimum Gasteiger partial charge on any atom is -0.398 e. The Morgan fingerprint density at radius 3 is 1.95 bits per heavy atom. The van der Waals surface area contributed by atoms with Gasteiger partial charge in [0.15, 0.2) is 23.3 Å². The van der Waals surface area contributed by atoms with E-state index in [0.717, 1.165) is 11.8 Å². The lowest BCUT2D eigenvalue weighted by atomic mass is 10.2. The topological polar surface area (TPSA) is 26.0 Å². The largest absolute Gasteiger partial charge is 0.398 e. The van der Waals surface area contributed by atoms with E-state index >= 15 is 0 Å². The van der Waals surface area contributed by atoms with Gasteiger partial charge in [0.05, 0.1) is 0 Å². The lowest BCUT2D eigenvalue weighted by Crippen LogP contribution is -2.06. The second-order valence-electron chi connectivity index (χ2n) is 4.02. The normalized spacial score (nSPS) is 11.0. The second kappa shape index (κ2) is 6.11. The van der Waals surface area contributed by atoms with Crippen LogP contribution in [0.25, 0.3) is 0 Å². The number of nitrogen functional groups attached to an aromatic ring is 1. The molecule has 0 unspecified atom stereocenters. The number of hydrogen-bond donors (Lipinski definition) is 1. The van der Waals surface area contributed by atoms with Gasteiger partial charge in [-0.1, -0.05) is 11.6 Å². The van der Waals surface area contributed by atoms with Crippen LogP contribution in [-0.4, -0.2) is 0 Å². The van der Waals surface area contributed by atoms with Crippen LogP contribution in [0, 0.1) is 29.1 Å². The maximum absolute atomic E-state index is 13.5. The van der Waals surface area contributed by atoms with Crippen LogP contribution in [0.4, 0.5) is 27.6 Å². The van der Waals surface area contributed by atoms with Gasteiger partial charge in [0, 0.05) is 26.9 Å². The third kappa shape index (κ3) is 3.08. The van der Waals surface area contributed by atoms with Crippen LogP contribution in [0.1, 0.15) is 5.56 Å². The van der Waals surface area contributed by atoms with Crippen molar-refractivity contribution >= 4 is 29.1 Å². The summed E-state index contributed by atoms with van der Waals surface area (Å²) in [5, 5.41) is 0.369. The number of rotatable bonds is 3. The van der Waals surface area contributed by atoms with Gasteiger partial charge in [0.1, 0.15) is 0 Å². The van der Waals surface area contributed by atoms with E-state index in [1.807, 2.05) is 0 Å². The summed E-state index contributed by atoms with van der Waals surface area (Å²) in [4.78, 5) is 0.420. The Bertz CT molecular complexity index is 678. The maximum Gasteiger partial charge on any atom is 0.200 e. The van der Waals surface area contributed by atoms with E-state index in [2.05, 4.69) is 0 Å². The number of thioether (sulfide) groups is 1. The summed E-state index contributed by atoms with van der Waals surface area (Å²) in [6, 6.07) is 4.41. The number of hydrogen-bond acceptors (Lipinski definition) is 2. The lowest BCUT2D eigenvalue weighted by molar-refractivity contribution is 0.372. The van der Waals surface area contributed by atoms with Crippen molar-refractivity contribution in [3.05, 3.63) is 57.9 Å². The Kier molecular flexibility index (Phi) is 4.63. The van der Waals surface area contributed by atoms with Crippen LogP contribution in [0.3, 0.4) is 0 Å². The highest BCUT2D eigenvalue weighted by atomic mass is 35.5. The minimum absolute atomic E-state index is 0.247. The summed E-state index contributed by atoms with van der Waals surface area (Å²) in [7, 11) is 0. The Hall–Kier alpha value is -1.47. The van der Waals surface area contributed by atoms with Crippen LogP contribution in [0.2, 0.25) is 5.02 Å². The minimum atomic E-state index is -2.18. The van der Waals surface area contributed by atoms with Crippen LogP contribution in [0.15, 0.2) is 23.1 Å².